The topological polar surface area (TPSA) is 20.2 Å². The number of unbranched alkanes of at least 4 members (excludes halogenated alkanes) is 1. The molecule has 30 heavy (non-hydrogen) atoms. The monoisotopic (exact) mass is 400 g/mol. The van der Waals surface area contributed by atoms with E-state index >= 15 is 0 Å². The Labute approximate surface area is 179 Å². The van der Waals surface area contributed by atoms with E-state index in [-0.39, 0.29) is 11.9 Å². The summed E-state index contributed by atoms with van der Waals surface area (Å²) in [6.45, 7) is 5.53. The average Bonchev–Trinajstić information content (AvgIpc) is 2.74. The van der Waals surface area contributed by atoms with Crippen LogP contribution in [0, 0.1) is 5.82 Å². The molecule has 0 aromatic heterocycles. The lowest BCUT2D eigenvalue weighted by Gasteiger charge is -2.08. The largest absolute Gasteiger partial charge is 0.393 e. The minimum Gasteiger partial charge on any atom is -0.393 e. The lowest BCUT2D eigenvalue weighted by molar-refractivity contribution is 0.182. The Bertz CT molecular complexity index is 982. The van der Waals surface area contributed by atoms with Gasteiger partial charge in [-0.1, -0.05) is 78.9 Å². The van der Waals surface area contributed by atoms with Crippen LogP contribution in [0.4, 0.5) is 4.39 Å². The fourth-order valence-corrected chi connectivity index (χ4v) is 3.47. The summed E-state index contributed by atoms with van der Waals surface area (Å²) < 4.78 is 14.5. The Balaban J connectivity index is 1.66. The molecule has 1 unspecified atom stereocenters. The van der Waals surface area contributed by atoms with Crippen LogP contribution < -0.4 is 0 Å². The molecule has 0 bridgehead atoms. The molecule has 0 aliphatic heterocycles. The van der Waals surface area contributed by atoms with Crippen LogP contribution in [0.2, 0.25) is 0 Å². The number of allylic oxidation sites excluding steroid dienone is 2. The van der Waals surface area contributed by atoms with Crippen molar-refractivity contribution in [3.63, 3.8) is 0 Å². The molecular weight excluding hydrogens is 371 g/mol. The molecule has 1 atom stereocenters. The number of rotatable bonds is 9. The Morgan fingerprint density at radius 3 is 2.17 bits per heavy atom. The van der Waals surface area contributed by atoms with Crippen molar-refractivity contribution in [1.82, 2.24) is 0 Å². The van der Waals surface area contributed by atoms with Crippen molar-refractivity contribution in [3.8, 4) is 22.3 Å². The first kappa shape index (κ1) is 21.7. The Hall–Kier alpha value is -2.97. The van der Waals surface area contributed by atoms with E-state index in [0.29, 0.717) is 12.0 Å². The van der Waals surface area contributed by atoms with Crippen LogP contribution in [0.25, 0.3) is 28.3 Å². The van der Waals surface area contributed by atoms with Crippen LogP contribution in [-0.4, -0.2) is 11.2 Å². The van der Waals surface area contributed by atoms with Crippen LogP contribution in [0.3, 0.4) is 0 Å². The summed E-state index contributed by atoms with van der Waals surface area (Å²) in [6, 6.07) is 21.8. The van der Waals surface area contributed by atoms with Gasteiger partial charge < -0.3 is 5.11 Å². The number of aliphatic hydroxyl groups excluding tert-OH is 1. The quantitative estimate of drug-likeness (QED) is 0.292. The van der Waals surface area contributed by atoms with E-state index in [2.05, 4.69) is 43.0 Å². The first-order chi connectivity index (χ1) is 14.6. The summed E-state index contributed by atoms with van der Waals surface area (Å²) in [5.41, 5.74) is 5.82. The Morgan fingerprint density at radius 2 is 1.57 bits per heavy atom. The summed E-state index contributed by atoms with van der Waals surface area (Å²) in [5, 5.41) is 9.29. The third-order valence-electron chi connectivity index (χ3n) is 5.16. The number of aliphatic hydroxyl groups is 1. The molecule has 3 rings (SSSR count). The summed E-state index contributed by atoms with van der Waals surface area (Å²) in [7, 11) is 0. The van der Waals surface area contributed by atoms with Crippen LogP contribution in [0.15, 0.2) is 85.5 Å². The zero-order valence-corrected chi connectivity index (χ0v) is 17.5. The summed E-state index contributed by atoms with van der Waals surface area (Å²) >= 11 is 0. The molecule has 0 spiro atoms. The van der Waals surface area contributed by atoms with Crippen molar-refractivity contribution in [1.29, 1.82) is 0 Å². The Kier molecular flexibility index (Phi) is 7.75. The molecule has 1 N–H and O–H groups in total. The van der Waals surface area contributed by atoms with E-state index in [9.17, 15) is 9.50 Å². The van der Waals surface area contributed by atoms with Gasteiger partial charge in [-0.05, 0) is 66.5 Å². The molecule has 0 radical (unpaired) electrons. The van der Waals surface area contributed by atoms with Gasteiger partial charge in [0.05, 0.1) is 6.10 Å². The normalized spacial score (nSPS) is 12.2. The van der Waals surface area contributed by atoms with E-state index < -0.39 is 0 Å². The number of benzene rings is 3. The molecule has 2 heteroatoms. The van der Waals surface area contributed by atoms with Crippen LogP contribution in [0.1, 0.15) is 37.3 Å². The van der Waals surface area contributed by atoms with Gasteiger partial charge in [0.1, 0.15) is 5.82 Å². The number of halogens is 1. The maximum Gasteiger partial charge on any atom is 0.131 e. The van der Waals surface area contributed by atoms with Crippen molar-refractivity contribution >= 4 is 6.08 Å². The molecular formula is C28H29FO. The third-order valence-corrected chi connectivity index (χ3v) is 5.16. The smallest absolute Gasteiger partial charge is 0.131 e. The summed E-state index contributed by atoms with van der Waals surface area (Å²) in [4.78, 5) is 0. The highest BCUT2D eigenvalue weighted by Gasteiger charge is 2.07. The zero-order valence-electron chi connectivity index (χ0n) is 17.5. The van der Waals surface area contributed by atoms with Crippen molar-refractivity contribution in [2.75, 3.05) is 0 Å². The van der Waals surface area contributed by atoms with Gasteiger partial charge in [-0.25, -0.2) is 4.39 Å². The predicted molar refractivity (Wildman–Crippen MR) is 126 cm³/mol. The molecule has 0 saturated heterocycles. The van der Waals surface area contributed by atoms with E-state index in [1.54, 1.807) is 12.1 Å². The molecule has 0 amide bonds. The third kappa shape index (κ3) is 6.01. The van der Waals surface area contributed by atoms with Gasteiger partial charge >= 0.3 is 0 Å². The molecule has 0 saturated carbocycles. The second kappa shape index (κ2) is 10.7. The van der Waals surface area contributed by atoms with E-state index in [1.165, 1.54) is 0 Å². The first-order valence-corrected chi connectivity index (χ1v) is 10.5. The fourth-order valence-electron chi connectivity index (χ4n) is 3.47. The predicted octanol–water partition coefficient (Wildman–Crippen LogP) is 7.45. The first-order valence-electron chi connectivity index (χ1n) is 10.5. The second-order valence-electron chi connectivity index (χ2n) is 7.69. The lowest BCUT2D eigenvalue weighted by Crippen LogP contribution is -1.97. The molecule has 3 aromatic rings. The van der Waals surface area contributed by atoms with Crippen molar-refractivity contribution < 1.29 is 9.50 Å². The highest BCUT2D eigenvalue weighted by molar-refractivity contribution is 5.71. The fraction of sp³-hybridized carbons (Fsp3) is 0.214. The highest BCUT2D eigenvalue weighted by atomic mass is 19.1. The standard InChI is InChI=1S/C28H29FO/c1-3-7-23-12-19-27(28(29)20-23)26-17-15-25(16-18-26)24-13-10-22(11-14-24)9-6-4-5-8-21(2)30/h3,6,9-21,30H,1,4-5,7-8H2,2H3/b9-6+. The molecule has 154 valence electrons. The van der Waals surface area contributed by atoms with Gasteiger partial charge in [-0.2, -0.15) is 0 Å². The molecule has 0 fully saturated rings. The maximum atomic E-state index is 14.5. The van der Waals surface area contributed by atoms with Crippen LogP contribution in [-0.2, 0) is 6.42 Å². The van der Waals surface area contributed by atoms with Gasteiger partial charge in [0.2, 0.25) is 0 Å². The maximum absolute atomic E-state index is 14.5. The average molecular weight is 401 g/mol. The minimum atomic E-state index is -0.225. The highest BCUT2D eigenvalue weighted by Crippen LogP contribution is 2.27. The van der Waals surface area contributed by atoms with E-state index in [0.717, 1.165) is 47.1 Å². The SMILES string of the molecule is C=CCc1ccc(-c2ccc(-c3ccc(/C=C/CCCC(C)O)cc3)cc2)c(F)c1. The van der Waals surface area contributed by atoms with Crippen LogP contribution >= 0.6 is 0 Å². The zero-order chi connectivity index (χ0) is 21.3. The van der Waals surface area contributed by atoms with Gasteiger partial charge in [0, 0.05) is 5.56 Å². The van der Waals surface area contributed by atoms with Gasteiger partial charge in [-0.3, -0.25) is 0 Å². The van der Waals surface area contributed by atoms with Gasteiger partial charge in [0.15, 0.2) is 0 Å². The van der Waals surface area contributed by atoms with Crippen LogP contribution in [0.5, 0.6) is 0 Å². The summed E-state index contributed by atoms with van der Waals surface area (Å²) in [5.74, 6) is -0.202. The molecule has 0 heterocycles. The van der Waals surface area contributed by atoms with Gasteiger partial charge in [0.25, 0.3) is 0 Å². The molecule has 1 nitrogen and oxygen atoms in total. The number of hydrogen-bond donors (Lipinski definition) is 1. The van der Waals surface area contributed by atoms with E-state index in [4.69, 9.17) is 0 Å². The Morgan fingerprint density at radius 1 is 0.933 bits per heavy atom. The molecule has 0 aliphatic carbocycles. The van der Waals surface area contributed by atoms with Gasteiger partial charge in [-0.15, -0.1) is 6.58 Å². The lowest BCUT2D eigenvalue weighted by atomic mass is 9.98. The van der Waals surface area contributed by atoms with Crippen molar-refractivity contribution in [2.24, 2.45) is 0 Å². The van der Waals surface area contributed by atoms with E-state index in [1.807, 2.05) is 43.3 Å². The van der Waals surface area contributed by atoms with Crippen molar-refractivity contribution in [2.45, 2.75) is 38.7 Å². The van der Waals surface area contributed by atoms with Crippen molar-refractivity contribution in [3.05, 3.63) is 102 Å². The second-order valence-corrected chi connectivity index (χ2v) is 7.69. The minimum absolute atomic E-state index is 0.202. The summed E-state index contributed by atoms with van der Waals surface area (Å²) in [6.07, 6.45) is 9.30. The number of hydrogen-bond acceptors (Lipinski definition) is 1. The molecule has 3 aromatic carbocycles. The molecule has 0 aliphatic rings.